The van der Waals surface area contributed by atoms with E-state index in [1.807, 2.05) is 0 Å². The summed E-state index contributed by atoms with van der Waals surface area (Å²) in [5.74, 6) is 0.818. The summed E-state index contributed by atoms with van der Waals surface area (Å²) in [7, 11) is 0. The van der Waals surface area contributed by atoms with Gasteiger partial charge in [0.2, 0.25) is 5.91 Å². The van der Waals surface area contributed by atoms with E-state index in [0.29, 0.717) is 13.1 Å². The Morgan fingerprint density at radius 2 is 2.20 bits per heavy atom. The highest BCUT2D eigenvalue weighted by Gasteiger charge is 2.05. The Labute approximate surface area is 93.9 Å². The molecular weight excluding hydrogens is 214 g/mol. The second kappa shape index (κ2) is 9.54. The molecule has 3 amide bonds. The minimum Gasteiger partial charge on any atom is -0.334 e. The number of urea groups is 1. The Morgan fingerprint density at radius 1 is 1.47 bits per heavy atom. The van der Waals surface area contributed by atoms with E-state index in [-0.39, 0.29) is 11.7 Å². The van der Waals surface area contributed by atoms with Crippen LogP contribution in [-0.4, -0.2) is 36.5 Å². The van der Waals surface area contributed by atoms with Crippen LogP contribution in [0.15, 0.2) is 12.7 Å². The zero-order valence-electron chi connectivity index (χ0n) is 8.62. The monoisotopic (exact) mass is 231 g/mol. The van der Waals surface area contributed by atoms with E-state index >= 15 is 0 Å². The second-order valence-electron chi connectivity index (χ2n) is 2.74. The topological polar surface area (TPSA) is 84.2 Å². The number of nitrogens with one attached hydrogen (secondary N) is 2. The molecule has 0 aliphatic heterocycles. The molecule has 0 aromatic carbocycles. The fourth-order valence-electron chi connectivity index (χ4n) is 0.722. The molecule has 0 heterocycles. The number of thioether (sulfide) groups is 1. The fourth-order valence-corrected chi connectivity index (χ4v) is 1.49. The zero-order valence-corrected chi connectivity index (χ0v) is 9.44. The summed E-state index contributed by atoms with van der Waals surface area (Å²) in [6.45, 7) is 4.40. The molecule has 0 saturated carbocycles. The third kappa shape index (κ3) is 9.30. The minimum atomic E-state index is -0.487. The molecule has 0 aliphatic carbocycles. The molecule has 0 radical (unpaired) electrons. The Morgan fingerprint density at radius 3 is 2.80 bits per heavy atom. The standard InChI is InChI=1S/C9H17N3O2S/c1-2-5-11-9(14)12-8(13)7-15-6-3-4-10/h2H,1,3-7,10H2,(H2,11,12,13,14). The first-order chi connectivity index (χ1) is 7.20. The van der Waals surface area contributed by atoms with Gasteiger partial charge in [-0.2, -0.15) is 11.8 Å². The number of hydrogen-bond acceptors (Lipinski definition) is 4. The van der Waals surface area contributed by atoms with Gasteiger partial charge in [-0.25, -0.2) is 4.79 Å². The maximum atomic E-state index is 11.1. The highest BCUT2D eigenvalue weighted by Crippen LogP contribution is 2.00. The lowest BCUT2D eigenvalue weighted by atomic mass is 10.5. The van der Waals surface area contributed by atoms with Crippen LogP contribution in [0.3, 0.4) is 0 Å². The Bertz CT molecular complexity index is 221. The summed E-state index contributed by atoms with van der Waals surface area (Å²) in [5.41, 5.74) is 5.29. The van der Waals surface area contributed by atoms with Crippen LogP contribution in [0.2, 0.25) is 0 Å². The number of carbonyl (C=O) groups is 2. The van der Waals surface area contributed by atoms with Gasteiger partial charge >= 0.3 is 6.03 Å². The Kier molecular flexibility index (Phi) is 8.90. The van der Waals surface area contributed by atoms with Gasteiger partial charge in [-0.1, -0.05) is 6.08 Å². The number of hydrogen-bond donors (Lipinski definition) is 3. The van der Waals surface area contributed by atoms with Crippen LogP contribution in [0.5, 0.6) is 0 Å². The first-order valence-electron chi connectivity index (χ1n) is 4.67. The lowest BCUT2D eigenvalue weighted by Crippen LogP contribution is -2.40. The van der Waals surface area contributed by atoms with Gasteiger partial charge in [0, 0.05) is 6.54 Å². The molecule has 0 aromatic rings. The van der Waals surface area contributed by atoms with Crippen molar-refractivity contribution in [3.63, 3.8) is 0 Å². The number of amides is 3. The van der Waals surface area contributed by atoms with Crippen molar-refractivity contribution in [1.29, 1.82) is 0 Å². The van der Waals surface area contributed by atoms with E-state index in [9.17, 15) is 9.59 Å². The van der Waals surface area contributed by atoms with Gasteiger partial charge in [0.15, 0.2) is 0 Å². The fraction of sp³-hybridized carbons (Fsp3) is 0.556. The molecule has 0 aromatic heterocycles. The smallest absolute Gasteiger partial charge is 0.321 e. The highest BCUT2D eigenvalue weighted by atomic mass is 32.2. The first-order valence-corrected chi connectivity index (χ1v) is 5.82. The Hall–Kier alpha value is -1.01. The van der Waals surface area contributed by atoms with Crippen molar-refractivity contribution in [3.8, 4) is 0 Å². The average molecular weight is 231 g/mol. The molecule has 0 rings (SSSR count). The van der Waals surface area contributed by atoms with E-state index in [1.54, 1.807) is 6.08 Å². The van der Waals surface area contributed by atoms with Crippen molar-refractivity contribution in [2.75, 3.05) is 24.6 Å². The third-order valence-corrected chi connectivity index (χ3v) is 2.43. The number of nitrogens with two attached hydrogens (primary N) is 1. The van der Waals surface area contributed by atoms with Crippen LogP contribution in [0.25, 0.3) is 0 Å². The SMILES string of the molecule is C=CCNC(=O)NC(=O)CSCCCN. The maximum Gasteiger partial charge on any atom is 0.321 e. The van der Waals surface area contributed by atoms with Crippen LogP contribution in [0.1, 0.15) is 6.42 Å². The van der Waals surface area contributed by atoms with Gasteiger partial charge in [0.25, 0.3) is 0 Å². The largest absolute Gasteiger partial charge is 0.334 e. The predicted octanol–water partition coefficient (Wildman–Crippen LogP) is 0.0802. The average Bonchev–Trinajstić information content (AvgIpc) is 2.21. The summed E-state index contributed by atoms with van der Waals surface area (Å²) in [6.07, 6.45) is 2.42. The van der Waals surface area contributed by atoms with E-state index in [0.717, 1.165) is 12.2 Å². The summed E-state index contributed by atoms with van der Waals surface area (Å²) in [5, 5.41) is 4.65. The molecule has 0 saturated heterocycles. The zero-order chi connectivity index (χ0) is 11.5. The van der Waals surface area contributed by atoms with E-state index in [1.165, 1.54) is 11.8 Å². The van der Waals surface area contributed by atoms with Gasteiger partial charge in [-0.05, 0) is 18.7 Å². The lowest BCUT2D eigenvalue weighted by Gasteiger charge is -2.04. The van der Waals surface area contributed by atoms with E-state index in [2.05, 4.69) is 17.2 Å². The molecule has 4 N–H and O–H groups in total. The van der Waals surface area contributed by atoms with Crippen LogP contribution < -0.4 is 16.4 Å². The highest BCUT2D eigenvalue weighted by molar-refractivity contribution is 7.99. The number of carbonyl (C=O) groups excluding carboxylic acids is 2. The van der Waals surface area contributed by atoms with Crippen LogP contribution in [0.4, 0.5) is 4.79 Å². The minimum absolute atomic E-state index is 0.279. The first kappa shape index (κ1) is 14.0. The van der Waals surface area contributed by atoms with E-state index < -0.39 is 6.03 Å². The normalized spacial score (nSPS) is 9.40. The molecule has 86 valence electrons. The molecular formula is C9H17N3O2S. The van der Waals surface area contributed by atoms with Crippen LogP contribution in [0, 0.1) is 0 Å². The molecule has 0 bridgehead atoms. The van der Waals surface area contributed by atoms with Gasteiger partial charge in [0.1, 0.15) is 0 Å². The van der Waals surface area contributed by atoms with Crippen molar-refractivity contribution in [2.24, 2.45) is 5.73 Å². The Balaban J connectivity index is 3.46. The van der Waals surface area contributed by atoms with Gasteiger partial charge < -0.3 is 11.1 Å². The van der Waals surface area contributed by atoms with Crippen LogP contribution in [-0.2, 0) is 4.79 Å². The van der Waals surface area contributed by atoms with Crippen LogP contribution >= 0.6 is 11.8 Å². The molecule has 0 atom stereocenters. The van der Waals surface area contributed by atoms with Crippen molar-refractivity contribution < 1.29 is 9.59 Å². The number of imide groups is 1. The summed E-state index contributed by atoms with van der Waals surface area (Å²) >= 11 is 1.46. The van der Waals surface area contributed by atoms with Gasteiger partial charge in [-0.3, -0.25) is 10.1 Å². The molecule has 0 aliphatic rings. The van der Waals surface area contributed by atoms with Crippen molar-refractivity contribution >= 4 is 23.7 Å². The van der Waals surface area contributed by atoms with E-state index in [4.69, 9.17) is 5.73 Å². The van der Waals surface area contributed by atoms with Crippen molar-refractivity contribution in [1.82, 2.24) is 10.6 Å². The lowest BCUT2D eigenvalue weighted by molar-refractivity contribution is -0.117. The molecule has 6 heteroatoms. The summed E-state index contributed by atoms with van der Waals surface area (Å²) in [4.78, 5) is 22.1. The molecule has 5 nitrogen and oxygen atoms in total. The predicted molar refractivity (Wildman–Crippen MR) is 62.7 cm³/mol. The second-order valence-corrected chi connectivity index (χ2v) is 3.85. The van der Waals surface area contributed by atoms with Gasteiger partial charge in [-0.15, -0.1) is 6.58 Å². The third-order valence-electron chi connectivity index (χ3n) is 1.39. The summed E-state index contributed by atoms with van der Waals surface area (Å²) in [6, 6.07) is -0.487. The van der Waals surface area contributed by atoms with Crippen molar-refractivity contribution in [2.45, 2.75) is 6.42 Å². The molecule has 15 heavy (non-hydrogen) atoms. The molecule has 0 unspecified atom stereocenters. The maximum absolute atomic E-state index is 11.1. The summed E-state index contributed by atoms with van der Waals surface area (Å²) < 4.78 is 0. The molecule has 0 fully saturated rings. The quantitative estimate of drug-likeness (QED) is 0.428. The molecule has 0 spiro atoms. The van der Waals surface area contributed by atoms with Crippen molar-refractivity contribution in [3.05, 3.63) is 12.7 Å². The van der Waals surface area contributed by atoms with Gasteiger partial charge in [0.05, 0.1) is 5.75 Å². The number of rotatable bonds is 7.